The van der Waals surface area contributed by atoms with Crippen molar-refractivity contribution in [2.75, 3.05) is 6.61 Å². The molecule has 0 amide bonds. The molecule has 22 heavy (non-hydrogen) atoms. The van der Waals surface area contributed by atoms with Crippen LogP contribution in [0.5, 0.6) is 0 Å². The highest BCUT2D eigenvalue weighted by atomic mass is 28.4. The average Bonchev–Trinajstić information content (AvgIpc) is 2.77. The monoisotopic (exact) mass is 324 g/mol. The fraction of sp³-hybridized carbons (Fsp3) is 0.824. The molecule has 4 rings (SSSR count). The molecule has 1 heterocycles. The van der Waals surface area contributed by atoms with E-state index >= 15 is 0 Å². The third-order valence-electron chi connectivity index (χ3n) is 6.51. The Morgan fingerprint density at radius 1 is 1.41 bits per heavy atom. The standard InChI is InChI=1S/C17H28O4Si/c1-16(2,3)22(5,6)21-13-10-7-8-17(4,14(13)18)12-11(10)9-20-15(12)19/h7-8,10-14,18H,9H2,1-6H3/t10-,11+,12-,13+,14+,17+/m1/s1. The van der Waals surface area contributed by atoms with Crippen molar-refractivity contribution in [1.82, 2.24) is 0 Å². The van der Waals surface area contributed by atoms with Gasteiger partial charge in [-0.1, -0.05) is 39.8 Å². The number of hydrogen-bond acceptors (Lipinski definition) is 4. The first-order valence-corrected chi connectivity index (χ1v) is 11.1. The summed E-state index contributed by atoms with van der Waals surface area (Å²) in [5, 5.41) is 11.0. The minimum atomic E-state index is -1.99. The number of ether oxygens (including phenoxy) is 1. The maximum absolute atomic E-state index is 12.1. The van der Waals surface area contributed by atoms with Crippen LogP contribution >= 0.6 is 0 Å². The molecule has 0 aromatic carbocycles. The zero-order valence-corrected chi connectivity index (χ0v) is 15.4. The van der Waals surface area contributed by atoms with E-state index in [1.807, 2.05) is 13.0 Å². The Labute approximate surface area is 134 Å². The molecule has 1 aliphatic heterocycles. The summed E-state index contributed by atoms with van der Waals surface area (Å²) in [7, 11) is -1.99. The predicted octanol–water partition coefficient (Wildman–Crippen LogP) is 2.73. The molecule has 3 aliphatic carbocycles. The maximum Gasteiger partial charge on any atom is 0.310 e. The van der Waals surface area contributed by atoms with Crippen LogP contribution in [0, 0.1) is 23.2 Å². The van der Waals surface area contributed by atoms with Crippen molar-refractivity contribution in [3.63, 3.8) is 0 Å². The van der Waals surface area contributed by atoms with Crippen LogP contribution < -0.4 is 0 Å². The van der Waals surface area contributed by atoms with Crippen molar-refractivity contribution >= 4 is 14.3 Å². The summed E-state index contributed by atoms with van der Waals surface area (Å²) in [4.78, 5) is 12.1. The molecule has 2 fully saturated rings. The first-order chi connectivity index (χ1) is 9.99. The summed E-state index contributed by atoms with van der Waals surface area (Å²) in [6.07, 6.45) is 3.28. The number of rotatable bonds is 2. The zero-order valence-electron chi connectivity index (χ0n) is 14.4. The van der Waals surface area contributed by atoms with Crippen LogP contribution in [0.25, 0.3) is 0 Å². The molecule has 1 N–H and O–H groups in total. The van der Waals surface area contributed by atoms with Crippen LogP contribution in [-0.2, 0) is 14.0 Å². The van der Waals surface area contributed by atoms with Gasteiger partial charge in [0.15, 0.2) is 8.32 Å². The van der Waals surface area contributed by atoms with Gasteiger partial charge < -0.3 is 14.3 Å². The Kier molecular flexibility index (Phi) is 3.45. The van der Waals surface area contributed by atoms with E-state index in [1.54, 1.807) is 0 Å². The molecule has 1 saturated carbocycles. The second kappa shape index (κ2) is 4.68. The Balaban J connectivity index is 1.93. The van der Waals surface area contributed by atoms with Gasteiger partial charge in [-0.25, -0.2) is 0 Å². The number of fused-ring (bicyclic) bond motifs is 1. The molecule has 0 aromatic heterocycles. The largest absolute Gasteiger partial charge is 0.465 e. The van der Waals surface area contributed by atoms with E-state index in [4.69, 9.17) is 9.16 Å². The summed E-state index contributed by atoms with van der Waals surface area (Å²) in [6, 6.07) is 0. The Morgan fingerprint density at radius 3 is 2.64 bits per heavy atom. The van der Waals surface area contributed by atoms with Crippen LogP contribution in [-0.4, -0.2) is 38.2 Å². The van der Waals surface area contributed by atoms with Crippen LogP contribution in [0.15, 0.2) is 12.2 Å². The molecule has 1 saturated heterocycles. The van der Waals surface area contributed by atoms with Gasteiger partial charge in [0.25, 0.3) is 0 Å². The number of hydrogen-bond donors (Lipinski definition) is 1. The zero-order chi connectivity index (χ0) is 16.5. The van der Waals surface area contributed by atoms with Gasteiger partial charge >= 0.3 is 5.97 Å². The van der Waals surface area contributed by atoms with E-state index in [9.17, 15) is 9.90 Å². The smallest absolute Gasteiger partial charge is 0.310 e. The Hall–Kier alpha value is -0.653. The average molecular weight is 324 g/mol. The Bertz CT molecular complexity index is 521. The van der Waals surface area contributed by atoms with Gasteiger partial charge in [0, 0.05) is 17.3 Å². The van der Waals surface area contributed by atoms with Crippen molar-refractivity contribution in [1.29, 1.82) is 0 Å². The van der Waals surface area contributed by atoms with Gasteiger partial charge in [-0.15, -0.1) is 0 Å². The number of aliphatic hydroxyl groups is 1. The minimum Gasteiger partial charge on any atom is -0.465 e. The van der Waals surface area contributed by atoms with Crippen molar-refractivity contribution in [3.05, 3.63) is 12.2 Å². The highest BCUT2D eigenvalue weighted by molar-refractivity contribution is 6.74. The maximum atomic E-state index is 12.1. The fourth-order valence-electron chi connectivity index (χ4n) is 4.01. The number of aliphatic hydroxyl groups excluding tert-OH is 1. The van der Waals surface area contributed by atoms with Gasteiger partial charge in [-0.3, -0.25) is 4.79 Å². The van der Waals surface area contributed by atoms with Crippen LogP contribution in [0.1, 0.15) is 27.7 Å². The molecule has 0 radical (unpaired) electrons. The van der Waals surface area contributed by atoms with Crippen LogP contribution in [0.3, 0.4) is 0 Å². The SMILES string of the molecule is CC(C)(C)[Si](C)(C)O[C@H]1[C@@H]2C=C[C@](C)([C@H]1O)[C@H]1C(=O)OC[C@@H]21. The predicted molar refractivity (Wildman–Crippen MR) is 86.8 cm³/mol. The van der Waals surface area contributed by atoms with Gasteiger partial charge in [0.1, 0.15) is 0 Å². The minimum absolute atomic E-state index is 0.0717. The molecule has 2 bridgehead atoms. The number of carbonyl (C=O) groups is 1. The molecule has 6 atom stereocenters. The van der Waals surface area contributed by atoms with E-state index in [-0.39, 0.29) is 34.9 Å². The van der Waals surface area contributed by atoms with Crippen molar-refractivity contribution < 1.29 is 19.1 Å². The van der Waals surface area contributed by atoms with Crippen LogP contribution in [0.2, 0.25) is 18.1 Å². The van der Waals surface area contributed by atoms with Crippen LogP contribution in [0.4, 0.5) is 0 Å². The lowest BCUT2D eigenvalue weighted by atomic mass is 9.53. The van der Waals surface area contributed by atoms with E-state index in [0.29, 0.717) is 6.61 Å². The van der Waals surface area contributed by atoms with E-state index in [0.717, 1.165) is 0 Å². The molecule has 0 unspecified atom stereocenters. The fourth-order valence-corrected chi connectivity index (χ4v) is 5.33. The summed E-state index contributed by atoms with van der Waals surface area (Å²) in [5.74, 6) is -0.175. The molecule has 0 spiro atoms. The summed E-state index contributed by atoms with van der Waals surface area (Å²) in [6.45, 7) is 13.5. The highest BCUT2D eigenvalue weighted by Gasteiger charge is 2.64. The quantitative estimate of drug-likeness (QED) is 0.482. The number of cyclic esters (lactones) is 1. The second-order valence-electron chi connectivity index (χ2n) is 8.86. The molecule has 0 aromatic rings. The molecule has 124 valence electrons. The topological polar surface area (TPSA) is 55.8 Å². The first-order valence-electron chi connectivity index (χ1n) is 8.21. The lowest BCUT2D eigenvalue weighted by Gasteiger charge is -2.55. The molecule has 4 nitrogen and oxygen atoms in total. The van der Waals surface area contributed by atoms with Gasteiger partial charge in [-0.05, 0) is 18.1 Å². The van der Waals surface area contributed by atoms with E-state index in [1.165, 1.54) is 0 Å². The van der Waals surface area contributed by atoms with Crippen molar-refractivity contribution in [2.24, 2.45) is 23.2 Å². The summed E-state index contributed by atoms with van der Waals surface area (Å²) < 4.78 is 11.9. The molecular formula is C17H28O4Si. The van der Waals surface area contributed by atoms with E-state index in [2.05, 4.69) is 39.9 Å². The Morgan fingerprint density at radius 2 is 2.05 bits per heavy atom. The van der Waals surface area contributed by atoms with Gasteiger partial charge in [0.2, 0.25) is 0 Å². The molecule has 4 aliphatic rings. The van der Waals surface area contributed by atoms with Crippen molar-refractivity contribution in [2.45, 2.75) is 58.0 Å². The van der Waals surface area contributed by atoms with Gasteiger partial charge in [-0.2, -0.15) is 0 Å². The van der Waals surface area contributed by atoms with E-state index < -0.39 is 19.8 Å². The summed E-state index contributed by atoms with van der Waals surface area (Å²) >= 11 is 0. The lowest BCUT2D eigenvalue weighted by Crippen LogP contribution is -2.63. The highest BCUT2D eigenvalue weighted by Crippen LogP contribution is 2.57. The normalized spacial score (nSPS) is 44.1. The molecular weight excluding hydrogens is 296 g/mol. The number of esters is 1. The third-order valence-corrected chi connectivity index (χ3v) is 11.0. The number of carbonyl (C=O) groups excluding carboxylic acids is 1. The lowest BCUT2D eigenvalue weighted by molar-refractivity contribution is -0.158. The first kappa shape index (κ1) is 16.2. The summed E-state index contributed by atoms with van der Waals surface area (Å²) in [5.41, 5.74) is -0.569. The van der Waals surface area contributed by atoms with Gasteiger partial charge in [0.05, 0.1) is 24.7 Å². The third kappa shape index (κ3) is 2.05. The van der Waals surface area contributed by atoms with Crippen molar-refractivity contribution in [3.8, 4) is 0 Å². The second-order valence-corrected chi connectivity index (χ2v) is 13.6. The molecule has 5 heteroatoms.